The monoisotopic (exact) mass is 366 g/mol. The van der Waals surface area contributed by atoms with Crippen LogP contribution in [0.3, 0.4) is 0 Å². The lowest BCUT2D eigenvalue weighted by molar-refractivity contribution is 0.0195. The van der Waals surface area contributed by atoms with Gasteiger partial charge in [0.25, 0.3) is 0 Å². The number of morpholine rings is 1. The molecule has 1 aromatic carbocycles. The second-order valence-corrected chi connectivity index (χ2v) is 6.72. The highest BCUT2D eigenvalue weighted by molar-refractivity contribution is 5.80. The maximum absolute atomic E-state index is 13.8. The van der Waals surface area contributed by atoms with E-state index in [4.69, 9.17) is 4.74 Å². The highest BCUT2D eigenvalue weighted by Gasteiger charge is 2.30. The lowest BCUT2D eigenvalue weighted by Gasteiger charge is -2.32. The Morgan fingerprint density at radius 1 is 1.23 bits per heavy atom. The molecule has 1 N–H and O–H groups in total. The van der Waals surface area contributed by atoms with Crippen LogP contribution >= 0.6 is 0 Å². The third-order valence-corrected chi connectivity index (χ3v) is 5.04. The second-order valence-electron chi connectivity index (χ2n) is 6.72. The number of ether oxygens (including phenoxy) is 1. The molecule has 0 amide bonds. The van der Waals surface area contributed by atoms with Gasteiger partial charge in [-0.05, 0) is 31.9 Å². The SMILES string of the molecule is CCNC(=NCCc1c(F)cccc1F)N1CCC(N2CCOCC2)C1. The summed E-state index contributed by atoms with van der Waals surface area (Å²) in [5, 5.41) is 3.31. The van der Waals surface area contributed by atoms with Crippen molar-refractivity contribution < 1.29 is 13.5 Å². The molecule has 2 aliphatic heterocycles. The van der Waals surface area contributed by atoms with Gasteiger partial charge in [-0.3, -0.25) is 9.89 Å². The molecular formula is C19H28F2N4O. The van der Waals surface area contributed by atoms with E-state index in [1.54, 1.807) is 0 Å². The van der Waals surface area contributed by atoms with E-state index in [9.17, 15) is 8.78 Å². The van der Waals surface area contributed by atoms with Gasteiger partial charge in [-0.25, -0.2) is 8.78 Å². The van der Waals surface area contributed by atoms with Crippen molar-refractivity contribution in [2.24, 2.45) is 4.99 Å². The molecule has 0 saturated carbocycles. The summed E-state index contributed by atoms with van der Waals surface area (Å²) in [6.07, 6.45) is 1.36. The number of hydrogen-bond donors (Lipinski definition) is 1. The number of nitrogens with zero attached hydrogens (tertiary/aromatic N) is 3. The zero-order valence-corrected chi connectivity index (χ0v) is 15.4. The quantitative estimate of drug-likeness (QED) is 0.638. The molecule has 2 heterocycles. The second kappa shape index (κ2) is 9.28. The molecule has 0 bridgehead atoms. The van der Waals surface area contributed by atoms with Gasteiger partial charge in [0.2, 0.25) is 0 Å². The summed E-state index contributed by atoms with van der Waals surface area (Å²) >= 11 is 0. The molecule has 5 nitrogen and oxygen atoms in total. The maximum atomic E-state index is 13.8. The zero-order valence-electron chi connectivity index (χ0n) is 15.4. The number of hydrogen-bond acceptors (Lipinski definition) is 3. The Morgan fingerprint density at radius 2 is 1.96 bits per heavy atom. The molecular weight excluding hydrogens is 338 g/mol. The van der Waals surface area contributed by atoms with Crippen LogP contribution < -0.4 is 5.32 Å². The Labute approximate surface area is 154 Å². The first-order valence-electron chi connectivity index (χ1n) is 9.47. The molecule has 1 unspecified atom stereocenters. The minimum Gasteiger partial charge on any atom is -0.379 e. The van der Waals surface area contributed by atoms with Crippen LogP contribution in [0.2, 0.25) is 0 Å². The van der Waals surface area contributed by atoms with E-state index >= 15 is 0 Å². The van der Waals surface area contributed by atoms with Crippen LogP contribution in [0.25, 0.3) is 0 Å². The van der Waals surface area contributed by atoms with E-state index in [-0.39, 0.29) is 12.0 Å². The summed E-state index contributed by atoms with van der Waals surface area (Å²) in [5.74, 6) is -0.169. The lowest BCUT2D eigenvalue weighted by Crippen LogP contribution is -2.46. The van der Waals surface area contributed by atoms with Crippen molar-refractivity contribution in [3.8, 4) is 0 Å². The predicted molar refractivity (Wildman–Crippen MR) is 98.4 cm³/mol. The molecule has 0 aliphatic carbocycles. The van der Waals surface area contributed by atoms with E-state index in [2.05, 4.69) is 20.1 Å². The summed E-state index contributed by atoms with van der Waals surface area (Å²) in [6, 6.07) is 4.49. The van der Waals surface area contributed by atoms with Gasteiger partial charge in [0.05, 0.1) is 13.2 Å². The summed E-state index contributed by atoms with van der Waals surface area (Å²) < 4.78 is 32.9. The van der Waals surface area contributed by atoms with E-state index in [1.807, 2.05) is 6.92 Å². The van der Waals surface area contributed by atoms with Gasteiger partial charge in [-0.15, -0.1) is 0 Å². The number of benzene rings is 1. The fourth-order valence-electron chi connectivity index (χ4n) is 3.65. The molecule has 0 radical (unpaired) electrons. The fourth-order valence-corrected chi connectivity index (χ4v) is 3.65. The predicted octanol–water partition coefficient (Wildman–Crippen LogP) is 1.88. The van der Waals surface area contributed by atoms with Crippen molar-refractivity contribution in [2.75, 3.05) is 52.5 Å². The van der Waals surface area contributed by atoms with Crippen LogP contribution in [0.4, 0.5) is 8.78 Å². The molecule has 1 atom stereocenters. The van der Waals surface area contributed by atoms with Crippen molar-refractivity contribution in [2.45, 2.75) is 25.8 Å². The molecule has 144 valence electrons. The topological polar surface area (TPSA) is 40.1 Å². The first-order chi connectivity index (χ1) is 12.7. The van der Waals surface area contributed by atoms with Crippen LogP contribution in [-0.2, 0) is 11.2 Å². The van der Waals surface area contributed by atoms with E-state index in [0.717, 1.165) is 58.3 Å². The van der Waals surface area contributed by atoms with Gasteiger partial charge >= 0.3 is 0 Å². The smallest absolute Gasteiger partial charge is 0.193 e. The minimum atomic E-state index is -0.501. The molecule has 26 heavy (non-hydrogen) atoms. The van der Waals surface area contributed by atoms with Gasteiger partial charge in [0.15, 0.2) is 5.96 Å². The average Bonchev–Trinajstić information content (AvgIpc) is 3.14. The largest absolute Gasteiger partial charge is 0.379 e. The number of guanidine groups is 1. The highest BCUT2D eigenvalue weighted by atomic mass is 19.1. The van der Waals surface area contributed by atoms with Crippen LogP contribution in [0, 0.1) is 11.6 Å². The van der Waals surface area contributed by atoms with Crippen molar-refractivity contribution >= 4 is 5.96 Å². The first kappa shape index (κ1) is 19.0. The van der Waals surface area contributed by atoms with Gasteiger partial charge < -0.3 is 15.0 Å². The Morgan fingerprint density at radius 3 is 2.65 bits per heavy atom. The summed E-state index contributed by atoms with van der Waals surface area (Å²) in [4.78, 5) is 9.35. The molecule has 0 aromatic heterocycles. The van der Waals surface area contributed by atoms with Crippen molar-refractivity contribution in [1.82, 2.24) is 15.1 Å². The van der Waals surface area contributed by atoms with E-state index in [1.165, 1.54) is 18.2 Å². The Hall–Kier alpha value is -1.73. The van der Waals surface area contributed by atoms with Crippen LogP contribution in [-0.4, -0.2) is 74.3 Å². The molecule has 2 fully saturated rings. The fraction of sp³-hybridized carbons (Fsp3) is 0.632. The summed E-state index contributed by atoms with van der Waals surface area (Å²) in [6.45, 7) is 8.61. The van der Waals surface area contributed by atoms with Crippen LogP contribution in [0.15, 0.2) is 23.2 Å². The van der Waals surface area contributed by atoms with Gasteiger partial charge in [0, 0.05) is 50.9 Å². The number of halogens is 2. The van der Waals surface area contributed by atoms with Gasteiger partial charge in [-0.2, -0.15) is 0 Å². The number of likely N-dealkylation sites (tertiary alicyclic amines) is 1. The Bertz CT molecular complexity index is 599. The van der Waals surface area contributed by atoms with E-state index in [0.29, 0.717) is 12.6 Å². The normalized spacial score (nSPS) is 22.0. The van der Waals surface area contributed by atoms with Crippen molar-refractivity contribution in [3.05, 3.63) is 35.4 Å². The first-order valence-corrected chi connectivity index (χ1v) is 9.47. The molecule has 0 spiro atoms. The lowest BCUT2D eigenvalue weighted by atomic mass is 10.1. The molecule has 1 aromatic rings. The Kier molecular flexibility index (Phi) is 6.80. The van der Waals surface area contributed by atoms with Gasteiger partial charge in [-0.1, -0.05) is 6.07 Å². The average molecular weight is 366 g/mol. The third-order valence-electron chi connectivity index (χ3n) is 5.04. The molecule has 7 heteroatoms. The number of rotatable bonds is 5. The summed E-state index contributed by atoms with van der Waals surface area (Å²) in [5.41, 5.74) is 0.111. The third kappa shape index (κ3) is 4.71. The standard InChI is InChI=1S/C19H28F2N4O/c1-2-22-19(23-8-6-16-17(20)4-3-5-18(16)21)25-9-7-15(14-25)24-10-12-26-13-11-24/h3-5,15H,2,6-14H2,1H3,(H,22,23). The Balaban J connectivity index is 1.59. The number of nitrogens with one attached hydrogen (secondary N) is 1. The summed E-state index contributed by atoms with van der Waals surface area (Å²) in [7, 11) is 0. The van der Waals surface area contributed by atoms with Crippen LogP contribution in [0.1, 0.15) is 18.9 Å². The molecule has 2 aliphatic rings. The zero-order chi connectivity index (χ0) is 18.4. The van der Waals surface area contributed by atoms with Crippen LogP contribution in [0.5, 0.6) is 0 Å². The van der Waals surface area contributed by atoms with Crippen molar-refractivity contribution in [1.29, 1.82) is 0 Å². The van der Waals surface area contributed by atoms with Crippen molar-refractivity contribution in [3.63, 3.8) is 0 Å². The minimum absolute atomic E-state index is 0.111. The van der Waals surface area contributed by atoms with E-state index < -0.39 is 11.6 Å². The molecule has 3 rings (SSSR count). The highest BCUT2D eigenvalue weighted by Crippen LogP contribution is 2.17. The number of aliphatic imine (C=N–C) groups is 1. The maximum Gasteiger partial charge on any atom is 0.193 e. The van der Waals surface area contributed by atoms with Gasteiger partial charge in [0.1, 0.15) is 11.6 Å². The molecule has 2 saturated heterocycles.